The van der Waals surface area contributed by atoms with Crippen LogP contribution in [0.25, 0.3) is 0 Å². The molecule has 4 nitrogen and oxygen atoms in total. The van der Waals surface area contributed by atoms with Gasteiger partial charge in [0, 0.05) is 23.0 Å². The van der Waals surface area contributed by atoms with E-state index in [2.05, 4.69) is 34.3 Å². The summed E-state index contributed by atoms with van der Waals surface area (Å²) in [4.78, 5) is 22.4. The van der Waals surface area contributed by atoms with Crippen molar-refractivity contribution < 1.29 is 4.79 Å². The van der Waals surface area contributed by atoms with Crippen LogP contribution in [0.5, 0.6) is 0 Å². The van der Waals surface area contributed by atoms with Crippen LogP contribution in [-0.4, -0.2) is 21.6 Å². The number of thioether (sulfide) groups is 1. The molecule has 0 unspecified atom stereocenters. The Kier molecular flexibility index (Phi) is 6.53. The van der Waals surface area contributed by atoms with Crippen molar-refractivity contribution in [1.82, 2.24) is 9.97 Å². The van der Waals surface area contributed by atoms with E-state index >= 15 is 0 Å². The average molecular weight is 396 g/mol. The van der Waals surface area contributed by atoms with Gasteiger partial charge in [-0.2, -0.15) is 0 Å². The van der Waals surface area contributed by atoms with Crippen LogP contribution in [0.2, 0.25) is 0 Å². The molecule has 0 aliphatic heterocycles. The number of amides is 1. The van der Waals surface area contributed by atoms with E-state index in [4.69, 9.17) is 0 Å². The van der Waals surface area contributed by atoms with Crippen molar-refractivity contribution in [3.8, 4) is 0 Å². The molecular weight excluding hydrogens is 374 g/mol. The summed E-state index contributed by atoms with van der Waals surface area (Å²) in [6, 6.07) is 14.2. The van der Waals surface area contributed by atoms with Gasteiger partial charge in [0.25, 0.3) is 0 Å². The molecule has 3 aromatic rings. The van der Waals surface area contributed by atoms with Gasteiger partial charge in [0.1, 0.15) is 10.1 Å². The second-order valence-electron chi connectivity index (χ2n) is 6.19. The number of carbonyl (C=O) groups is 1. The average Bonchev–Trinajstić information content (AvgIpc) is 2.66. The monoisotopic (exact) mass is 395 g/mol. The SMILES string of the molecule is Cc1ccc(C)c(NC(=O)CSc2nccnc2Sc2ccccc2C)c1. The van der Waals surface area contributed by atoms with Crippen LogP contribution < -0.4 is 5.32 Å². The van der Waals surface area contributed by atoms with Crippen LogP contribution in [0.15, 0.2) is 69.8 Å². The Morgan fingerprint density at radius 3 is 2.48 bits per heavy atom. The molecule has 3 rings (SSSR count). The van der Waals surface area contributed by atoms with E-state index in [1.807, 2.05) is 44.2 Å². The number of aromatic nitrogens is 2. The zero-order chi connectivity index (χ0) is 19.2. The molecule has 0 fully saturated rings. The van der Waals surface area contributed by atoms with Gasteiger partial charge in [-0.05, 0) is 49.6 Å². The van der Waals surface area contributed by atoms with Crippen molar-refractivity contribution in [2.24, 2.45) is 0 Å². The molecule has 0 radical (unpaired) electrons. The Labute approximate surface area is 168 Å². The molecule has 1 aromatic heterocycles. The van der Waals surface area contributed by atoms with E-state index in [9.17, 15) is 4.79 Å². The first-order chi connectivity index (χ1) is 13.0. The predicted molar refractivity (Wildman–Crippen MR) is 113 cm³/mol. The summed E-state index contributed by atoms with van der Waals surface area (Å²) in [5.74, 6) is 0.235. The molecule has 138 valence electrons. The smallest absolute Gasteiger partial charge is 0.234 e. The number of benzene rings is 2. The topological polar surface area (TPSA) is 54.9 Å². The van der Waals surface area contributed by atoms with E-state index in [1.54, 1.807) is 24.2 Å². The lowest BCUT2D eigenvalue weighted by Crippen LogP contribution is -2.15. The first-order valence-electron chi connectivity index (χ1n) is 8.57. The summed E-state index contributed by atoms with van der Waals surface area (Å²) in [5.41, 5.74) is 4.22. The molecule has 1 N–H and O–H groups in total. The third-order valence-corrected chi connectivity index (χ3v) is 6.22. The summed E-state index contributed by atoms with van der Waals surface area (Å²) in [5, 5.41) is 4.57. The number of carbonyl (C=O) groups excluding carboxylic acids is 1. The van der Waals surface area contributed by atoms with Crippen molar-refractivity contribution in [2.75, 3.05) is 11.1 Å². The van der Waals surface area contributed by atoms with E-state index in [0.717, 1.165) is 31.8 Å². The number of aryl methyl sites for hydroxylation is 3. The van der Waals surface area contributed by atoms with Gasteiger partial charge < -0.3 is 5.32 Å². The van der Waals surface area contributed by atoms with Gasteiger partial charge in [-0.1, -0.05) is 53.9 Å². The maximum absolute atomic E-state index is 12.4. The van der Waals surface area contributed by atoms with Crippen molar-refractivity contribution in [2.45, 2.75) is 35.7 Å². The second-order valence-corrected chi connectivity index (χ2v) is 8.18. The normalized spacial score (nSPS) is 10.6. The van der Waals surface area contributed by atoms with Gasteiger partial charge in [0.05, 0.1) is 5.75 Å². The number of hydrogen-bond donors (Lipinski definition) is 1. The fourth-order valence-corrected chi connectivity index (χ4v) is 4.24. The van der Waals surface area contributed by atoms with E-state index < -0.39 is 0 Å². The molecule has 0 aliphatic rings. The zero-order valence-electron chi connectivity index (χ0n) is 15.5. The molecule has 6 heteroatoms. The second kappa shape index (κ2) is 9.06. The first kappa shape index (κ1) is 19.5. The van der Waals surface area contributed by atoms with Crippen LogP contribution in [0.4, 0.5) is 5.69 Å². The maximum atomic E-state index is 12.4. The molecule has 0 aliphatic carbocycles. The maximum Gasteiger partial charge on any atom is 0.234 e. The van der Waals surface area contributed by atoms with Crippen LogP contribution in [0.1, 0.15) is 16.7 Å². The molecular formula is C21H21N3OS2. The molecule has 0 bridgehead atoms. The minimum atomic E-state index is -0.0498. The van der Waals surface area contributed by atoms with Crippen LogP contribution in [-0.2, 0) is 4.79 Å². The number of nitrogens with zero attached hydrogens (tertiary/aromatic N) is 2. The Hall–Kier alpha value is -2.31. The largest absolute Gasteiger partial charge is 0.325 e. The van der Waals surface area contributed by atoms with Gasteiger partial charge in [-0.3, -0.25) is 4.79 Å². The van der Waals surface area contributed by atoms with Gasteiger partial charge >= 0.3 is 0 Å². The highest BCUT2D eigenvalue weighted by Gasteiger charge is 2.12. The van der Waals surface area contributed by atoms with E-state index in [-0.39, 0.29) is 11.7 Å². The van der Waals surface area contributed by atoms with Gasteiger partial charge in [-0.25, -0.2) is 9.97 Å². The Bertz CT molecular complexity index is 960. The fourth-order valence-electron chi connectivity index (χ4n) is 2.45. The predicted octanol–water partition coefficient (Wildman–Crippen LogP) is 5.28. The quantitative estimate of drug-likeness (QED) is 0.575. The minimum absolute atomic E-state index is 0.0498. The summed E-state index contributed by atoms with van der Waals surface area (Å²) in [6.07, 6.45) is 3.34. The lowest BCUT2D eigenvalue weighted by molar-refractivity contribution is -0.113. The lowest BCUT2D eigenvalue weighted by Gasteiger charge is -2.10. The van der Waals surface area contributed by atoms with Crippen molar-refractivity contribution >= 4 is 35.1 Å². The zero-order valence-corrected chi connectivity index (χ0v) is 17.2. The molecule has 0 saturated heterocycles. The summed E-state index contributed by atoms with van der Waals surface area (Å²) in [6.45, 7) is 6.07. The summed E-state index contributed by atoms with van der Waals surface area (Å²) >= 11 is 2.98. The van der Waals surface area contributed by atoms with Gasteiger partial charge in [0.15, 0.2) is 0 Å². The Morgan fingerprint density at radius 2 is 1.70 bits per heavy atom. The highest BCUT2D eigenvalue weighted by atomic mass is 32.2. The highest BCUT2D eigenvalue weighted by Crippen LogP contribution is 2.34. The number of nitrogens with one attached hydrogen (secondary N) is 1. The third-order valence-electron chi connectivity index (χ3n) is 3.94. The number of hydrogen-bond acceptors (Lipinski definition) is 5. The Balaban J connectivity index is 1.67. The van der Waals surface area contributed by atoms with Gasteiger partial charge in [0.2, 0.25) is 5.91 Å². The third kappa shape index (κ3) is 5.34. The van der Waals surface area contributed by atoms with E-state index in [0.29, 0.717) is 0 Å². The first-order valence-corrected chi connectivity index (χ1v) is 10.4. The molecule has 1 heterocycles. The summed E-state index contributed by atoms with van der Waals surface area (Å²) in [7, 11) is 0. The highest BCUT2D eigenvalue weighted by molar-refractivity contribution is 8.02. The van der Waals surface area contributed by atoms with Crippen LogP contribution in [0.3, 0.4) is 0 Å². The van der Waals surface area contributed by atoms with Crippen LogP contribution >= 0.6 is 23.5 Å². The fraction of sp³-hybridized carbons (Fsp3) is 0.190. The molecule has 27 heavy (non-hydrogen) atoms. The van der Waals surface area contributed by atoms with Crippen LogP contribution in [0, 0.1) is 20.8 Å². The molecule has 0 spiro atoms. The van der Waals surface area contributed by atoms with Gasteiger partial charge in [-0.15, -0.1) is 0 Å². The number of anilines is 1. The van der Waals surface area contributed by atoms with Crippen molar-refractivity contribution in [1.29, 1.82) is 0 Å². The molecule has 0 saturated carbocycles. The minimum Gasteiger partial charge on any atom is -0.325 e. The van der Waals surface area contributed by atoms with Crippen molar-refractivity contribution in [3.63, 3.8) is 0 Å². The lowest BCUT2D eigenvalue weighted by atomic mass is 10.1. The Morgan fingerprint density at radius 1 is 0.963 bits per heavy atom. The molecule has 1 amide bonds. The summed E-state index contributed by atoms with van der Waals surface area (Å²) < 4.78 is 0. The van der Waals surface area contributed by atoms with E-state index in [1.165, 1.54) is 17.3 Å². The molecule has 0 atom stereocenters. The van der Waals surface area contributed by atoms with Crippen molar-refractivity contribution in [3.05, 3.63) is 71.5 Å². The standard InChI is InChI=1S/C21H21N3OS2/c1-14-8-9-15(2)17(12-14)24-19(25)13-26-20-21(23-11-10-22-20)27-18-7-5-4-6-16(18)3/h4-12H,13H2,1-3H3,(H,24,25). The number of rotatable bonds is 6. The molecule has 2 aromatic carbocycles.